The van der Waals surface area contributed by atoms with Gasteiger partial charge in [0.15, 0.2) is 5.13 Å². The lowest BCUT2D eigenvalue weighted by molar-refractivity contribution is 0.0701. The largest absolute Gasteiger partial charge is 0.477 e. The molecule has 2 aromatic heterocycles. The second kappa shape index (κ2) is 9.42. The van der Waals surface area contributed by atoms with Crippen molar-refractivity contribution in [1.29, 1.82) is 0 Å². The molecule has 0 amide bonds. The summed E-state index contributed by atoms with van der Waals surface area (Å²) in [5.74, 6) is 0.479. The molecule has 1 fully saturated rings. The first-order chi connectivity index (χ1) is 16.1. The van der Waals surface area contributed by atoms with Gasteiger partial charge in [-0.05, 0) is 18.9 Å². The third kappa shape index (κ3) is 4.82. The van der Waals surface area contributed by atoms with E-state index in [2.05, 4.69) is 49.7 Å². The van der Waals surface area contributed by atoms with Crippen LogP contribution >= 0.6 is 11.3 Å². The van der Waals surface area contributed by atoms with E-state index in [1.54, 1.807) is 6.92 Å². The highest BCUT2D eigenvalue weighted by Crippen LogP contribution is 2.31. The molecule has 5 rings (SSSR count). The Balaban J connectivity index is 1.45. The third-order valence-electron chi connectivity index (χ3n) is 6.00. The van der Waals surface area contributed by atoms with Crippen LogP contribution in [0.15, 0.2) is 30.3 Å². The molecule has 0 radical (unpaired) electrons. The van der Waals surface area contributed by atoms with E-state index in [0.717, 1.165) is 75.1 Å². The molecule has 2 aliphatic heterocycles. The van der Waals surface area contributed by atoms with E-state index in [0.29, 0.717) is 16.8 Å². The molecule has 4 heterocycles. The smallest absolute Gasteiger partial charge is 0.347 e. The molecular weight excluding hydrogens is 438 g/mol. The number of nitrogens with one attached hydrogen (secondary N) is 2. The number of hydrogen-bond donors (Lipinski definition) is 3. The van der Waals surface area contributed by atoms with Gasteiger partial charge in [0, 0.05) is 51.4 Å². The standard InChI is InChI=1S/C23H27N7O2S/c1-15-19(21(31)32)33-23(25-15)28-22-26-18-14-29(13-16-5-3-2-4-6-16)10-7-17(18)20(27-22)30-11-8-24-9-12-30/h2-6,24H,7-14H2,1H3,(H,31,32)(H,25,26,27,28). The Kier molecular flexibility index (Phi) is 6.21. The molecule has 10 heteroatoms. The zero-order valence-corrected chi connectivity index (χ0v) is 19.4. The number of aryl methyl sites for hydroxylation is 1. The molecule has 3 aromatic rings. The van der Waals surface area contributed by atoms with E-state index in [1.807, 2.05) is 6.07 Å². The molecule has 0 spiro atoms. The molecule has 1 saturated heterocycles. The van der Waals surface area contributed by atoms with Gasteiger partial charge >= 0.3 is 5.97 Å². The van der Waals surface area contributed by atoms with Crippen LogP contribution in [0.1, 0.15) is 32.2 Å². The summed E-state index contributed by atoms with van der Waals surface area (Å²) in [5.41, 5.74) is 4.02. The number of nitrogens with zero attached hydrogens (tertiary/aromatic N) is 5. The summed E-state index contributed by atoms with van der Waals surface area (Å²) in [6.07, 6.45) is 0.904. The zero-order valence-electron chi connectivity index (χ0n) is 18.5. The van der Waals surface area contributed by atoms with Gasteiger partial charge in [0.05, 0.1) is 11.4 Å². The fourth-order valence-corrected chi connectivity index (χ4v) is 5.18. The molecule has 172 valence electrons. The Hall–Kier alpha value is -3.08. The molecule has 0 atom stereocenters. The van der Waals surface area contributed by atoms with E-state index < -0.39 is 5.97 Å². The SMILES string of the molecule is Cc1nc(Nc2nc3c(c(N4CCNCC4)n2)CCN(Cc2ccccc2)C3)sc1C(=O)O. The summed E-state index contributed by atoms with van der Waals surface area (Å²) in [6.45, 7) is 7.94. The molecule has 9 nitrogen and oxygen atoms in total. The van der Waals surface area contributed by atoms with Gasteiger partial charge in [0.2, 0.25) is 5.95 Å². The van der Waals surface area contributed by atoms with E-state index in [4.69, 9.17) is 9.97 Å². The van der Waals surface area contributed by atoms with Crippen molar-refractivity contribution >= 4 is 34.2 Å². The van der Waals surface area contributed by atoms with Crippen LogP contribution < -0.4 is 15.5 Å². The minimum absolute atomic E-state index is 0.229. The fraction of sp³-hybridized carbons (Fsp3) is 0.391. The summed E-state index contributed by atoms with van der Waals surface area (Å²) in [4.78, 5) is 30.5. The van der Waals surface area contributed by atoms with Gasteiger partial charge < -0.3 is 15.3 Å². The monoisotopic (exact) mass is 465 g/mol. The number of fused-ring (bicyclic) bond motifs is 1. The Morgan fingerprint density at radius 2 is 1.94 bits per heavy atom. The summed E-state index contributed by atoms with van der Waals surface area (Å²) < 4.78 is 0. The minimum atomic E-state index is -0.970. The molecule has 0 aliphatic carbocycles. The molecule has 0 saturated carbocycles. The quantitative estimate of drug-likeness (QED) is 0.506. The highest BCUT2D eigenvalue weighted by Gasteiger charge is 2.26. The van der Waals surface area contributed by atoms with E-state index in [-0.39, 0.29) is 4.88 Å². The molecule has 3 N–H and O–H groups in total. The van der Waals surface area contributed by atoms with Crippen molar-refractivity contribution in [3.63, 3.8) is 0 Å². The fourth-order valence-electron chi connectivity index (χ4n) is 4.38. The Morgan fingerprint density at radius 3 is 2.67 bits per heavy atom. The van der Waals surface area contributed by atoms with Crippen LogP contribution in [0.5, 0.6) is 0 Å². The number of piperazine rings is 1. The van der Waals surface area contributed by atoms with Gasteiger partial charge in [0.25, 0.3) is 0 Å². The van der Waals surface area contributed by atoms with Crippen LogP contribution in [-0.2, 0) is 19.5 Å². The highest BCUT2D eigenvalue weighted by atomic mass is 32.1. The lowest BCUT2D eigenvalue weighted by Crippen LogP contribution is -2.45. The molecule has 0 unspecified atom stereocenters. The maximum absolute atomic E-state index is 11.4. The number of benzene rings is 1. The predicted molar refractivity (Wildman–Crippen MR) is 128 cm³/mol. The molecule has 33 heavy (non-hydrogen) atoms. The van der Waals surface area contributed by atoms with Crippen LogP contribution in [-0.4, -0.2) is 63.7 Å². The molecule has 1 aromatic carbocycles. The number of anilines is 3. The zero-order chi connectivity index (χ0) is 22.8. The van der Waals surface area contributed by atoms with E-state index >= 15 is 0 Å². The van der Waals surface area contributed by atoms with Crippen LogP contribution in [0.4, 0.5) is 16.9 Å². The Labute approximate surface area is 196 Å². The first kappa shape index (κ1) is 21.7. The number of carboxylic acids is 1. The number of carboxylic acid groups (broad SMARTS) is 1. The highest BCUT2D eigenvalue weighted by molar-refractivity contribution is 7.17. The van der Waals surface area contributed by atoms with Crippen LogP contribution in [0.25, 0.3) is 0 Å². The number of thiazole rings is 1. The van der Waals surface area contributed by atoms with Gasteiger partial charge in [0.1, 0.15) is 10.7 Å². The molecular formula is C23H27N7O2S. The summed E-state index contributed by atoms with van der Waals surface area (Å²) in [5, 5.41) is 16.4. The first-order valence-electron chi connectivity index (χ1n) is 11.2. The lowest BCUT2D eigenvalue weighted by Gasteiger charge is -2.34. The average molecular weight is 466 g/mol. The number of aromatic nitrogens is 3. The second-order valence-electron chi connectivity index (χ2n) is 8.34. The van der Waals surface area contributed by atoms with E-state index in [1.165, 1.54) is 11.1 Å². The van der Waals surface area contributed by atoms with Crippen molar-refractivity contribution in [1.82, 2.24) is 25.2 Å². The van der Waals surface area contributed by atoms with Crippen LogP contribution in [0, 0.1) is 6.92 Å². The van der Waals surface area contributed by atoms with Gasteiger partial charge in [-0.2, -0.15) is 4.98 Å². The number of carbonyl (C=O) groups is 1. The lowest BCUT2D eigenvalue weighted by atomic mass is 10.0. The number of aromatic carboxylic acids is 1. The third-order valence-corrected chi connectivity index (χ3v) is 7.06. The maximum atomic E-state index is 11.4. The Morgan fingerprint density at radius 1 is 1.15 bits per heavy atom. The first-order valence-corrected chi connectivity index (χ1v) is 12.0. The number of rotatable bonds is 6. The van der Waals surface area contributed by atoms with Crippen molar-refractivity contribution in [2.24, 2.45) is 0 Å². The normalized spacial score (nSPS) is 16.5. The topological polar surface area (TPSA) is 107 Å². The second-order valence-corrected chi connectivity index (χ2v) is 9.34. The van der Waals surface area contributed by atoms with E-state index in [9.17, 15) is 9.90 Å². The van der Waals surface area contributed by atoms with Gasteiger partial charge in [-0.3, -0.25) is 10.2 Å². The van der Waals surface area contributed by atoms with Crippen molar-refractivity contribution in [2.45, 2.75) is 26.4 Å². The molecule has 0 bridgehead atoms. The van der Waals surface area contributed by atoms with Crippen LogP contribution in [0.2, 0.25) is 0 Å². The number of hydrogen-bond acceptors (Lipinski definition) is 9. The van der Waals surface area contributed by atoms with Gasteiger partial charge in [-0.1, -0.05) is 41.7 Å². The van der Waals surface area contributed by atoms with Crippen molar-refractivity contribution in [3.05, 3.63) is 57.7 Å². The maximum Gasteiger partial charge on any atom is 0.347 e. The summed E-state index contributed by atoms with van der Waals surface area (Å²) >= 11 is 1.11. The Bertz CT molecular complexity index is 1150. The van der Waals surface area contributed by atoms with Gasteiger partial charge in [-0.25, -0.2) is 14.8 Å². The van der Waals surface area contributed by atoms with Crippen molar-refractivity contribution < 1.29 is 9.90 Å². The minimum Gasteiger partial charge on any atom is -0.477 e. The van der Waals surface area contributed by atoms with Gasteiger partial charge in [-0.15, -0.1) is 0 Å². The average Bonchev–Trinajstić information content (AvgIpc) is 3.20. The van der Waals surface area contributed by atoms with Crippen LogP contribution in [0.3, 0.4) is 0 Å². The predicted octanol–water partition coefficient (Wildman–Crippen LogP) is 2.65. The summed E-state index contributed by atoms with van der Waals surface area (Å²) in [7, 11) is 0. The summed E-state index contributed by atoms with van der Waals surface area (Å²) in [6, 6.07) is 10.5. The molecule has 2 aliphatic rings. The van der Waals surface area contributed by atoms with Crippen molar-refractivity contribution in [2.75, 3.05) is 42.9 Å². The van der Waals surface area contributed by atoms with Crippen molar-refractivity contribution in [3.8, 4) is 0 Å².